The molecule has 1 saturated carbocycles. The lowest BCUT2D eigenvalue weighted by atomic mass is 9.80. The van der Waals surface area contributed by atoms with Crippen LogP contribution in [-0.2, 0) is 16.0 Å². The number of carbonyl (C=O) groups excluding carboxylic acids is 2. The summed E-state index contributed by atoms with van der Waals surface area (Å²) in [6.07, 6.45) is 5.41. The van der Waals surface area contributed by atoms with Gasteiger partial charge in [-0.25, -0.2) is 0 Å². The zero-order valence-electron chi connectivity index (χ0n) is 14.0. The Morgan fingerprint density at radius 3 is 2.48 bits per heavy atom. The van der Waals surface area contributed by atoms with Gasteiger partial charge >= 0.3 is 0 Å². The third-order valence-corrected chi connectivity index (χ3v) is 5.57. The van der Waals surface area contributed by atoms with Crippen molar-refractivity contribution in [1.82, 2.24) is 4.90 Å². The number of Topliss-reactive ketones (excluding diaryl/α,β-unsaturated/α-hetero) is 1. The molecule has 2 aliphatic rings. The number of amides is 1. The first kappa shape index (κ1) is 16.2. The van der Waals surface area contributed by atoms with Crippen LogP contribution in [-0.4, -0.2) is 29.7 Å². The summed E-state index contributed by atoms with van der Waals surface area (Å²) in [6, 6.07) is 10.6. The normalized spacial score (nSPS) is 26.3. The van der Waals surface area contributed by atoms with E-state index in [1.165, 1.54) is 5.56 Å². The van der Waals surface area contributed by atoms with Crippen LogP contribution in [0.4, 0.5) is 0 Å². The summed E-state index contributed by atoms with van der Waals surface area (Å²) < 4.78 is 0. The Labute approximate surface area is 139 Å². The largest absolute Gasteiger partial charge is 0.342 e. The number of carbonyl (C=O) groups is 2. The predicted octanol–water partition coefficient (Wildman–Crippen LogP) is 3.47. The molecule has 1 aliphatic carbocycles. The minimum Gasteiger partial charge on any atom is -0.342 e. The molecular weight excluding hydrogens is 286 g/mol. The second-order valence-corrected chi connectivity index (χ2v) is 7.30. The lowest BCUT2D eigenvalue weighted by Crippen LogP contribution is -2.43. The molecule has 2 fully saturated rings. The maximum atomic E-state index is 12.7. The number of hydrogen-bond donors (Lipinski definition) is 0. The van der Waals surface area contributed by atoms with Crippen molar-refractivity contribution in [2.24, 2.45) is 17.8 Å². The molecule has 1 saturated heterocycles. The minimum atomic E-state index is 0.0633. The van der Waals surface area contributed by atoms with E-state index < -0.39 is 0 Å². The van der Waals surface area contributed by atoms with Gasteiger partial charge in [0.05, 0.1) is 0 Å². The number of piperidine rings is 1. The zero-order chi connectivity index (χ0) is 16.2. The second kappa shape index (κ2) is 7.29. The maximum absolute atomic E-state index is 12.7. The Kier molecular flexibility index (Phi) is 5.14. The molecule has 1 amide bonds. The topological polar surface area (TPSA) is 37.4 Å². The van der Waals surface area contributed by atoms with Crippen LogP contribution in [0.3, 0.4) is 0 Å². The fourth-order valence-corrected chi connectivity index (χ4v) is 4.03. The summed E-state index contributed by atoms with van der Waals surface area (Å²) in [7, 11) is 0. The van der Waals surface area contributed by atoms with Crippen LogP contribution in [0.15, 0.2) is 30.3 Å². The molecule has 1 aliphatic heterocycles. The number of rotatable bonds is 3. The van der Waals surface area contributed by atoms with Gasteiger partial charge in [0.25, 0.3) is 0 Å². The van der Waals surface area contributed by atoms with Gasteiger partial charge in [0, 0.05) is 31.3 Å². The first-order valence-electron chi connectivity index (χ1n) is 8.99. The average Bonchev–Trinajstić information content (AvgIpc) is 2.58. The molecule has 1 heterocycles. The van der Waals surface area contributed by atoms with Crippen LogP contribution >= 0.6 is 0 Å². The van der Waals surface area contributed by atoms with E-state index in [1.807, 2.05) is 6.92 Å². The smallest absolute Gasteiger partial charge is 0.225 e. The third-order valence-electron chi connectivity index (χ3n) is 5.57. The highest BCUT2D eigenvalue weighted by Crippen LogP contribution is 2.30. The van der Waals surface area contributed by atoms with Gasteiger partial charge in [0.1, 0.15) is 5.78 Å². The van der Waals surface area contributed by atoms with Crippen LogP contribution in [0.1, 0.15) is 44.6 Å². The number of ketones is 1. The highest BCUT2D eigenvalue weighted by molar-refractivity contribution is 5.86. The summed E-state index contributed by atoms with van der Waals surface area (Å²) in [6.45, 7) is 3.73. The minimum absolute atomic E-state index is 0.0633. The van der Waals surface area contributed by atoms with Crippen molar-refractivity contribution in [1.29, 1.82) is 0 Å². The van der Waals surface area contributed by atoms with Crippen molar-refractivity contribution < 1.29 is 9.59 Å². The fourth-order valence-electron chi connectivity index (χ4n) is 4.03. The molecule has 1 aromatic carbocycles. The first-order chi connectivity index (χ1) is 11.1. The molecule has 0 unspecified atom stereocenters. The Morgan fingerprint density at radius 2 is 1.83 bits per heavy atom. The lowest BCUT2D eigenvalue weighted by Gasteiger charge is -2.36. The van der Waals surface area contributed by atoms with Gasteiger partial charge in [-0.15, -0.1) is 0 Å². The number of benzene rings is 1. The molecule has 1 aromatic rings. The van der Waals surface area contributed by atoms with Crippen molar-refractivity contribution in [3.05, 3.63) is 35.9 Å². The van der Waals surface area contributed by atoms with E-state index in [9.17, 15) is 9.59 Å². The van der Waals surface area contributed by atoms with Crippen LogP contribution in [0, 0.1) is 17.8 Å². The molecule has 23 heavy (non-hydrogen) atoms. The highest BCUT2D eigenvalue weighted by atomic mass is 16.2. The zero-order valence-corrected chi connectivity index (χ0v) is 14.0. The fraction of sp³-hybridized carbons (Fsp3) is 0.600. The van der Waals surface area contributed by atoms with Crippen LogP contribution in [0.25, 0.3) is 0 Å². The predicted molar refractivity (Wildman–Crippen MR) is 91.0 cm³/mol. The van der Waals surface area contributed by atoms with Crippen molar-refractivity contribution in [3.63, 3.8) is 0 Å². The van der Waals surface area contributed by atoms with Gasteiger partial charge in [-0.05, 0) is 43.6 Å². The lowest BCUT2D eigenvalue weighted by molar-refractivity contribution is -0.140. The van der Waals surface area contributed by atoms with Crippen molar-refractivity contribution in [2.45, 2.75) is 45.4 Å². The number of hydrogen-bond acceptors (Lipinski definition) is 2. The molecule has 2 atom stereocenters. The van der Waals surface area contributed by atoms with Gasteiger partial charge in [-0.1, -0.05) is 37.3 Å². The van der Waals surface area contributed by atoms with E-state index in [2.05, 4.69) is 35.2 Å². The van der Waals surface area contributed by atoms with E-state index in [1.54, 1.807) is 0 Å². The monoisotopic (exact) mass is 313 g/mol. The van der Waals surface area contributed by atoms with E-state index in [4.69, 9.17) is 0 Å². The van der Waals surface area contributed by atoms with Crippen LogP contribution < -0.4 is 0 Å². The van der Waals surface area contributed by atoms with Crippen molar-refractivity contribution in [2.75, 3.05) is 13.1 Å². The molecule has 0 aromatic heterocycles. The molecule has 124 valence electrons. The molecule has 3 nitrogen and oxygen atoms in total. The van der Waals surface area contributed by atoms with E-state index >= 15 is 0 Å². The summed E-state index contributed by atoms with van der Waals surface area (Å²) in [4.78, 5) is 26.4. The second-order valence-electron chi connectivity index (χ2n) is 7.30. The molecular formula is C20H27NO2. The molecule has 0 spiro atoms. The quantitative estimate of drug-likeness (QED) is 0.857. The SMILES string of the molecule is C[C@H]1C[C@H](C(=O)N2CCC(Cc3ccccc3)CC2)CCC1=O. The summed E-state index contributed by atoms with van der Waals surface area (Å²) in [5.74, 6) is 1.45. The average molecular weight is 313 g/mol. The standard InChI is InChI=1S/C20H27NO2/c1-15-13-18(7-8-19(15)22)20(23)21-11-9-17(10-12-21)14-16-5-3-2-4-6-16/h2-6,15,17-18H,7-14H2,1H3/t15-,18+/m0/s1. The van der Waals surface area contributed by atoms with Gasteiger partial charge in [-0.3, -0.25) is 9.59 Å². The Hall–Kier alpha value is -1.64. The van der Waals surface area contributed by atoms with Crippen LogP contribution in [0.5, 0.6) is 0 Å². The highest BCUT2D eigenvalue weighted by Gasteiger charge is 2.33. The van der Waals surface area contributed by atoms with Crippen LogP contribution in [0.2, 0.25) is 0 Å². The Bertz CT molecular complexity index is 546. The van der Waals surface area contributed by atoms with Crippen molar-refractivity contribution >= 4 is 11.7 Å². The maximum Gasteiger partial charge on any atom is 0.225 e. The number of nitrogens with zero attached hydrogens (tertiary/aromatic N) is 1. The molecule has 0 radical (unpaired) electrons. The third kappa shape index (κ3) is 4.01. The van der Waals surface area contributed by atoms with Gasteiger partial charge in [-0.2, -0.15) is 0 Å². The molecule has 0 bridgehead atoms. The Balaban J connectivity index is 1.49. The molecule has 3 rings (SSSR count). The van der Waals surface area contributed by atoms with E-state index in [0.717, 1.165) is 45.2 Å². The van der Waals surface area contributed by atoms with E-state index in [0.29, 0.717) is 24.0 Å². The molecule has 0 N–H and O–H groups in total. The van der Waals surface area contributed by atoms with Gasteiger partial charge in [0.2, 0.25) is 5.91 Å². The summed E-state index contributed by atoms with van der Waals surface area (Å²) in [5, 5.41) is 0. The summed E-state index contributed by atoms with van der Waals surface area (Å²) in [5.41, 5.74) is 1.40. The summed E-state index contributed by atoms with van der Waals surface area (Å²) >= 11 is 0. The van der Waals surface area contributed by atoms with Gasteiger partial charge in [0.15, 0.2) is 0 Å². The Morgan fingerprint density at radius 1 is 1.13 bits per heavy atom. The first-order valence-corrected chi connectivity index (χ1v) is 8.99. The van der Waals surface area contributed by atoms with Gasteiger partial charge < -0.3 is 4.90 Å². The van der Waals surface area contributed by atoms with E-state index in [-0.39, 0.29) is 11.8 Å². The number of likely N-dealkylation sites (tertiary alicyclic amines) is 1. The van der Waals surface area contributed by atoms with Crippen molar-refractivity contribution in [3.8, 4) is 0 Å². The molecule has 3 heteroatoms.